The number of rotatable bonds is 8. The van der Waals surface area contributed by atoms with Crippen molar-refractivity contribution >= 4 is 16.9 Å². The third kappa shape index (κ3) is 5.00. The van der Waals surface area contributed by atoms with E-state index >= 15 is 0 Å². The fourth-order valence-corrected chi connectivity index (χ4v) is 3.20. The van der Waals surface area contributed by atoms with Gasteiger partial charge in [0.2, 0.25) is 0 Å². The average molecular weight is 379 g/mol. The molecule has 5 nitrogen and oxygen atoms in total. The zero-order chi connectivity index (χ0) is 19.9. The first-order valence-electron chi connectivity index (χ1n) is 9.57. The highest BCUT2D eigenvalue weighted by atomic mass is 16.5. The Balaban J connectivity index is 1.56. The van der Waals surface area contributed by atoms with Gasteiger partial charge in [0.1, 0.15) is 11.3 Å². The van der Waals surface area contributed by atoms with E-state index < -0.39 is 0 Å². The van der Waals surface area contributed by atoms with Crippen molar-refractivity contribution in [3.05, 3.63) is 75.6 Å². The number of hydrogen-bond acceptors (Lipinski definition) is 4. The third-order valence-corrected chi connectivity index (χ3v) is 4.67. The fourth-order valence-electron chi connectivity index (χ4n) is 3.20. The van der Waals surface area contributed by atoms with Crippen LogP contribution in [0.5, 0.6) is 5.75 Å². The molecule has 0 radical (unpaired) electrons. The Morgan fingerprint density at radius 3 is 2.68 bits per heavy atom. The third-order valence-electron chi connectivity index (χ3n) is 4.67. The molecule has 0 saturated carbocycles. The molecular weight excluding hydrogens is 354 g/mol. The highest BCUT2D eigenvalue weighted by Gasteiger charge is 2.08. The van der Waals surface area contributed by atoms with Gasteiger partial charge in [0.25, 0.3) is 5.91 Å². The van der Waals surface area contributed by atoms with Gasteiger partial charge in [-0.1, -0.05) is 37.6 Å². The van der Waals surface area contributed by atoms with Gasteiger partial charge in [0.05, 0.1) is 0 Å². The normalized spacial score (nSPS) is 10.8. The highest BCUT2D eigenvalue weighted by molar-refractivity contribution is 5.82. The minimum atomic E-state index is -0.373. The maximum absolute atomic E-state index is 12.0. The summed E-state index contributed by atoms with van der Waals surface area (Å²) in [4.78, 5) is 23.8. The van der Waals surface area contributed by atoms with Crippen molar-refractivity contribution in [1.82, 2.24) is 5.32 Å². The van der Waals surface area contributed by atoms with E-state index in [4.69, 9.17) is 9.15 Å². The number of amides is 1. The SMILES string of the molecule is CCCc1cc(=O)oc2cc(OCC(=O)NCCc3ccccc3C)ccc12. The zero-order valence-corrected chi connectivity index (χ0v) is 16.3. The van der Waals surface area contributed by atoms with E-state index in [-0.39, 0.29) is 18.1 Å². The Labute approximate surface area is 164 Å². The molecule has 1 amide bonds. The van der Waals surface area contributed by atoms with Crippen LogP contribution in [0.3, 0.4) is 0 Å². The summed E-state index contributed by atoms with van der Waals surface area (Å²) in [5.41, 5.74) is 3.51. The molecule has 0 spiro atoms. The van der Waals surface area contributed by atoms with Crippen LogP contribution in [-0.4, -0.2) is 19.1 Å². The first kappa shape index (κ1) is 19.7. The average Bonchev–Trinajstić information content (AvgIpc) is 2.67. The number of hydrogen-bond donors (Lipinski definition) is 1. The van der Waals surface area contributed by atoms with Crippen molar-refractivity contribution < 1.29 is 13.9 Å². The second-order valence-corrected chi connectivity index (χ2v) is 6.81. The summed E-state index contributed by atoms with van der Waals surface area (Å²) in [5, 5.41) is 3.76. The van der Waals surface area contributed by atoms with Crippen LogP contribution < -0.4 is 15.7 Å². The lowest BCUT2D eigenvalue weighted by Gasteiger charge is -2.10. The van der Waals surface area contributed by atoms with Crippen LogP contribution >= 0.6 is 0 Å². The van der Waals surface area contributed by atoms with E-state index in [2.05, 4.69) is 31.3 Å². The van der Waals surface area contributed by atoms with Crippen LogP contribution in [0.2, 0.25) is 0 Å². The van der Waals surface area contributed by atoms with E-state index in [0.29, 0.717) is 17.9 Å². The number of carbonyl (C=O) groups excluding carboxylic acids is 1. The second kappa shape index (κ2) is 9.22. The summed E-state index contributed by atoms with van der Waals surface area (Å²) >= 11 is 0. The predicted molar refractivity (Wildman–Crippen MR) is 110 cm³/mol. The van der Waals surface area contributed by atoms with E-state index in [0.717, 1.165) is 30.2 Å². The van der Waals surface area contributed by atoms with Crippen molar-refractivity contribution in [3.8, 4) is 5.75 Å². The van der Waals surface area contributed by atoms with E-state index in [1.165, 1.54) is 17.2 Å². The summed E-state index contributed by atoms with van der Waals surface area (Å²) in [6, 6.07) is 15.0. The molecule has 2 aromatic carbocycles. The van der Waals surface area contributed by atoms with Gasteiger partial charge < -0.3 is 14.5 Å². The molecule has 0 saturated heterocycles. The molecule has 1 heterocycles. The summed E-state index contributed by atoms with van der Waals surface area (Å²) in [5.74, 6) is 0.313. The maximum atomic E-state index is 12.0. The number of benzene rings is 2. The summed E-state index contributed by atoms with van der Waals surface area (Å²) in [6.07, 6.45) is 2.53. The molecule has 146 valence electrons. The van der Waals surface area contributed by atoms with Crippen LogP contribution in [0.4, 0.5) is 0 Å². The lowest BCUT2D eigenvalue weighted by atomic mass is 10.1. The molecular formula is C23H25NO4. The van der Waals surface area contributed by atoms with Gasteiger partial charge >= 0.3 is 5.63 Å². The van der Waals surface area contributed by atoms with Gasteiger partial charge in [-0.15, -0.1) is 0 Å². The van der Waals surface area contributed by atoms with Crippen LogP contribution in [0, 0.1) is 6.92 Å². The van der Waals surface area contributed by atoms with Crippen molar-refractivity contribution in [2.45, 2.75) is 33.1 Å². The molecule has 28 heavy (non-hydrogen) atoms. The second-order valence-electron chi connectivity index (χ2n) is 6.81. The van der Waals surface area contributed by atoms with Gasteiger partial charge in [0.15, 0.2) is 6.61 Å². The number of fused-ring (bicyclic) bond motifs is 1. The van der Waals surface area contributed by atoms with E-state index in [9.17, 15) is 9.59 Å². The molecule has 0 aliphatic carbocycles. The molecule has 1 aromatic heterocycles. The largest absolute Gasteiger partial charge is 0.484 e. The standard InChI is InChI=1S/C23H25NO4/c1-3-6-18-13-23(26)28-21-14-19(9-10-20(18)21)27-15-22(25)24-12-11-17-8-5-4-7-16(17)2/h4-5,7-10,13-14H,3,6,11-12,15H2,1-2H3,(H,24,25). The van der Waals surface area contributed by atoms with Gasteiger partial charge in [-0.25, -0.2) is 4.79 Å². The van der Waals surface area contributed by atoms with Crippen LogP contribution in [0.1, 0.15) is 30.0 Å². The monoisotopic (exact) mass is 379 g/mol. The molecule has 5 heteroatoms. The first-order chi connectivity index (χ1) is 13.6. The summed E-state index contributed by atoms with van der Waals surface area (Å²) in [6.45, 7) is 4.60. The van der Waals surface area contributed by atoms with Crippen molar-refractivity contribution in [2.75, 3.05) is 13.2 Å². The molecule has 1 N–H and O–H groups in total. The minimum Gasteiger partial charge on any atom is -0.484 e. The molecule has 0 unspecified atom stereocenters. The molecule has 0 aliphatic heterocycles. The van der Waals surface area contributed by atoms with Gasteiger partial charge in [-0.3, -0.25) is 4.79 Å². The number of aryl methyl sites for hydroxylation is 2. The summed E-state index contributed by atoms with van der Waals surface area (Å²) < 4.78 is 10.9. The number of carbonyl (C=O) groups is 1. The Morgan fingerprint density at radius 2 is 1.89 bits per heavy atom. The molecule has 0 bridgehead atoms. The Hall–Kier alpha value is -3.08. The van der Waals surface area contributed by atoms with E-state index in [1.54, 1.807) is 12.1 Å². The fraction of sp³-hybridized carbons (Fsp3) is 0.304. The quantitative estimate of drug-likeness (QED) is 0.605. The molecule has 0 atom stereocenters. The molecule has 0 aliphatic rings. The van der Waals surface area contributed by atoms with Gasteiger partial charge in [0, 0.05) is 24.1 Å². The van der Waals surface area contributed by atoms with Crippen molar-refractivity contribution in [1.29, 1.82) is 0 Å². The van der Waals surface area contributed by atoms with Crippen molar-refractivity contribution in [3.63, 3.8) is 0 Å². The molecule has 3 aromatic rings. The maximum Gasteiger partial charge on any atom is 0.336 e. The number of nitrogens with one attached hydrogen (secondary N) is 1. The molecule has 3 rings (SSSR count). The van der Waals surface area contributed by atoms with Gasteiger partial charge in [-0.05, 0) is 48.6 Å². The zero-order valence-electron chi connectivity index (χ0n) is 16.3. The van der Waals surface area contributed by atoms with E-state index in [1.807, 2.05) is 18.2 Å². The Kier molecular flexibility index (Phi) is 6.48. The topological polar surface area (TPSA) is 68.5 Å². The predicted octanol–water partition coefficient (Wildman–Crippen LogP) is 3.79. The smallest absolute Gasteiger partial charge is 0.336 e. The lowest BCUT2D eigenvalue weighted by molar-refractivity contribution is -0.123. The number of ether oxygens (including phenoxy) is 1. The minimum absolute atomic E-state index is 0.0852. The lowest BCUT2D eigenvalue weighted by Crippen LogP contribution is -2.30. The summed E-state index contributed by atoms with van der Waals surface area (Å²) in [7, 11) is 0. The van der Waals surface area contributed by atoms with Crippen LogP contribution in [-0.2, 0) is 17.6 Å². The van der Waals surface area contributed by atoms with Gasteiger partial charge in [-0.2, -0.15) is 0 Å². The molecule has 0 fully saturated rings. The van der Waals surface area contributed by atoms with Crippen LogP contribution in [0.25, 0.3) is 11.0 Å². The Bertz CT molecular complexity index is 1020. The highest BCUT2D eigenvalue weighted by Crippen LogP contribution is 2.23. The van der Waals surface area contributed by atoms with Crippen LogP contribution in [0.15, 0.2) is 57.7 Å². The Morgan fingerprint density at radius 1 is 1.07 bits per heavy atom. The first-order valence-corrected chi connectivity index (χ1v) is 9.57. The van der Waals surface area contributed by atoms with Crippen molar-refractivity contribution in [2.24, 2.45) is 0 Å².